The normalized spacial score (nSPS) is 13.8. The molecule has 0 radical (unpaired) electrons. The van der Waals surface area contributed by atoms with Gasteiger partial charge in [0, 0.05) is 28.9 Å². The minimum absolute atomic E-state index is 0.0653. The van der Waals surface area contributed by atoms with Crippen LogP contribution in [0.3, 0.4) is 0 Å². The largest absolute Gasteiger partial charge is 0.384 e. The highest BCUT2D eigenvalue weighted by Crippen LogP contribution is 2.52. The maximum Gasteiger partial charge on any atom is 0.126 e. The van der Waals surface area contributed by atoms with E-state index in [4.69, 9.17) is 4.98 Å². The van der Waals surface area contributed by atoms with Gasteiger partial charge in [-0.05, 0) is 60.0 Å². The fourth-order valence-corrected chi connectivity index (χ4v) is 6.90. The summed E-state index contributed by atoms with van der Waals surface area (Å²) in [7, 11) is 0. The van der Waals surface area contributed by atoms with Crippen molar-refractivity contribution in [3.8, 4) is 10.6 Å². The second-order valence-electron chi connectivity index (χ2n) is 11.1. The molecule has 5 aromatic rings. The van der Waals surface area contributed by atoms with E-state index < -0.39 is 0 Å². The Balaban J connectivity index is 1.43. The highest BCUT2D eigenvalue weighted by atomic mass is 32.1. The van der Waals surface area contributed by atoms with Gasteiger partial charge in [0.05, 0.1) is 21.6 Å². The molecule has 0 saturated carbocycles. The van der Waals surface area contributed by atoms with E-state index in [-0.39, 0.29) is 5.41 Å². The minimum Gasteiger partial charge on any atom is -0.384 e. The first-order valence-corrected chi connectivity index (χ1v) is 15.1. The third kappa shape index (κ3) is 4.83. The molecule has 0 atom stereocenters. The van der Waals surface area contributed by atoms with Gasteiger partial charge in [-0.3, -0.25) is 0 Å². The molecule has 4 aromatic carbocycles. The Kier molecular flexibility index (Phi) is 7.14. The molecular weight excluding hydrogens is 494 g/mol. The molecule has 6 rings (SSSR count). The van der Waals surface area contributed by atoms with Gasteiger partial charge in [-0.15, -0.1) is 11.3 Å². The van der Waals surface area contributed by atoms with Gasteiger partial charge in [-0.2, -0.15) is 0 Å². The van der Waals surface area contributed by atoms with E-state index in [1.165, 1.54) is 70.6 Å². The molecule has 1 N–H and O–H groups in total. The Bertz CT molecular complexity index is 1520. The van der Waals surface area contributed by atoms with Crippen LogP contribution in [-0.2, 0) is 5.41 Å². The van der Waals surface area contributed by atoms with Crippen LogP contribution in [-0.4, -0.2) is 11.5 Å². The average Bonchev–Trinajstić information content (AvgIpc) is 3.39. The Morgan fingerprint density at radius 2 is 1.44 bits per heavy atom. The van der Waals surface area contributed by atoms with E-state index in [2.05, 4.69) is 122 Å². The molecule has 1 aliphatic rings. The number of hydrogen-bond acceptors (Lipinski definition) is 4. The van der Waals surface area contributed by atoms with Gasteiger partial charge in [-0.1, -0.05) is 95.0 Å². The molecular formula is C35H37N3S. The summed E-state index contributed by atoms with van der Waals surface area (Å²) in [5.74, 6) is 0. The first-order chi connectivity index (χ1) is 19.1. The molecule has 198 valence electrons. The smallest absolute Gasteiger partial charge is 0.126 e. The zero-order chi connectivity index (χ0) is 26.8. The van der Waals surface area contributed by atoms with Crippen LogP contribution in [0.4, 0.5) is 22.7 Å². The molecule has 0 bridgehead atoms. The highest BCUT2D eigenvalue weighted by Gasteiger charge is 2.36. The third-order valence-corrected chi connectivity index (χ3v) is 9.09. The molecule has 0 spiro atoms. The van der Waals surface area contributed by atoms with Crippen LogP contribution in [0.15, 0.2) is 91.0 Å². The number of fused-ring (bicyclic) bond motifs is 3. The van der Waals surface area contributed by atoms with Crippen LogP contribution in [0.1, 0.15) is 64.0 Å². The minimum atomic E-state index is -0.0653. The molecule has 1 aromatic heterocycles. The lowest BCUT2D eigenvalue weighted by atomic mass is 9.73. The zero-order valence-corrected chi connectivity index (χ0v) is 24.0. The molecule has 0 saturated heterocycles. The highest BCUT2D eigenvalue weighted by molar-refractivity contribution is 7.21. The summed E-state index contributed by atoms with van der Waals surface area (Å²) >= 11 is 1.77. The lowest BCUT2D eigenvalue weighted by molar-refractivity contribution is 0.632. The van der Waals surface area contributed by atoms with Gasteiger partial charge in [0.15, 0.2) is 0 Å². The van der Waals surface area contributed by atoms with Gasteiger partial charge in [-0.25, -0.2) is 4.98 Å². The molecule has 0 fully saturated rings. The molecule has 2 heterocycles. The molecule has 1 aliphatic heterocycles. The van der Waals surface area contributed by atoms with Crippen molar-refractivity contribution < 1.29 is 0 Å². The SMILES string of the molecule is CCCCCCCNc1cc(N2c3ccccc3C(C)(C)c3ccccc32)ccc1-c1nc2ccccc2s1. The van der Waals surface area contributed by atoms with Crippen molar-refractivity contribution in [3.63, 3.8) is 0 Å². The topological polar surface area (TPSA) is 28.2 Å². The van der Waals surface area contributed by atoms with Gasteiger partial charge in [0.1, 0.15) is 5.01 Å². The molecule has 4 heteroatoms. The number of anilines is 4. The van der Waals surface area contributed by atoms with Gasteiger partial charge in [0.2, 0.25) is 0 Å². The fourth-order valence-electron chi connectivity index (χ4n) is 5.89. The van der Waals surface area contributed by atoms with E-state index in [0.29, 0.717) is 0 Å². The lowest BCUT2D eigenvalue weighted by Crippen LogP contribution is -2.30. The summed E-state index contributed by atoms with van der Waals surface area (Å²) in [6.45, 7) is 7.91. The monoisotopic (exact) mass is 531 g/mol. The predicted octanol–water partition coefficient (Wildman–Crippen LogP) is 10.5. The predicted molar refractivity (Wildman–Crippen MR) is 169 cm³/mol. The van der Waals surface area contributed by atoms with Crippen LogP contribution in [0, 0.1) is 0 Å². The fraction of sp³-hybridized carbons (Fsp3) is 0.286. The van der Waals surface area contributed by atoms with Crippen molar-refractivity contribution in [1.29, 1.82) is 0 Å². The zero-order valence-electron chi connectivity index (χ0n) is 23.2. The Hall–Kier alpha value is -3.63. The van der Waals surface area contributed by atoms with E-state index in [1.807, 2.05) is 0 Å². The third-order valence-electron chi connectivity index (χ3n) is 8.02. The average molecular weight is 532 g/mol. The molecule has 0 amide bonds. The summed E-state index contributed by atoms with van der Waals surface area (Å²) in [6, 6.07) is 33.0. The van der Waals surface area contributed by atoms with Crippen molar-refractivity contribution in [2.45, 2.75) is 58.3 Å². The number of aromatic nitrogens is 1. The van der Waals surface area contributed by atoms with E-state index in [9.17, 15) is 0 Å². The second kappa shape index (κ2) is 10.9. The second-order valence-corrected chi connectivity index (χ2v) is 12.1. The van der Waals surface area contributed by atoms with Gasteiger partial charge >= 0.3 is 0 Å². The van der Waals surface area contributed by atoms with Crippen molar-refractivity contribution >= 4 is 44.3 Å². The number of rotatable bonds is 9. The maximum atomic E-state index is 5.01. The number of benzene rings is 4. The van der Waals surface area contributed by atoms with Gasteiger partial charge < -0.3 is 10.2 Å². The van der Waals surface area contributed by atoms with Crippen LogP contribution in [0.2, 0.25) is 0 Å². The number of nitrogens with one attached hydrogen (secondary N) is 1. The van der Waals surface area contributed by atoms with Crippen LogP contribution < -0.4 is 10.2 Å². The molecule has 3 nitrogen and oxygen atoms in total. The number of hydrogen-bond donors (Lipinski definition) is 1. The first-order valence-electron chi connectivity index (χ1n) is 14.3. The summed E-state index contributed by atoms with van der Waals surface area (Å²) in [6.07, 6.45) is 6.33. The lowest BCUT2D eigenvalue weighted by Gasteiger charge is -2.42. The number of thiazole rings is 1. The van der Waals surface area contributed by atoms with Crippen LogP contribution in [0.25, 0.3) is 20.8 Å². The quantitative estimate of drug-likeness (QED) is 0.192. The van der Waals surface area contributed by atoms with E-state index in [1.54, 1.807) is 11.3 Å². The summed E-state index contributed by atoms with van der Waals surface area (Å²) in [5.41, 5.74) is 9.70. The Morgan fingerprint density at radius 3 is 2.15 bits per heavy atom. The van der Waals surface area contributed by atoms with Crippen molar-refractivity contribution in [2.24, 2.45) is 0 Å². The molecule has 39 heavy (non-hydrogen) atoms. The van der Waals surface area contributed by atoms with Crippen molar-refractivity contribution in [3.05, 3.63) is 102 Å². The number of para-hydroxylation sites is 3. The first kappa shape index (κ1) is 25.6. The van der Waals surface area contributed by atoms with Gasteiger partial charge in [0.25, 0.3) is 0 Å². The molecule has 0 aliphatic carbocycles. The van der Waals surface area contributed by atoms with Crippen LogP contribution in [0.5, 0.6) is 0 Å². The van der Waals surface area contributed by atoms with Crippen molar-refractivity contribution in [1.82, 2.24) is 4.98 Å². The number of nitrogens with zero attached hydrogens (tertiary/aromatic N) is 2. The summed E-state index contributed by atoms with van der Waals surface area (Å²) in [5, 5.41) is 4.88. The van der Waals surface area contributed by atoms with E-state index >= 15 is 0 Å². The maximum absolute atomic E-state index is 5.01. The Labute approximate surface area is 236 Å². The summed E-state index contributed by atoms with van der Waals surface area (Å²) in [4.78, 5) is 7.45. The van der Waals surface area contributed by atoms with E-state index in [0.717, 1.165) is 22.8 Å². The number of unbranched alkanes of at least 4 members (excludes halogenated alkanes) is 4. The standard InChI is InChI=1S/C35H37N3S/c1-4-5-6-7-14-23-36-30-24-25(21-22-26(30)34-37-29-17-10-13-20-33(29)39-34)38-31-18-11-8-15-27(31)35(2,3)28-16-9-12-19-32(28)38/h8-13,15-22,24,36H,4-7,14,23H2,1-3H3. The Morgan fingerprint density at radius 1 is 0.769 bits per heavy atom. The van der Waals surface area contributed by atoms with Crippen LogP contribution >= 0.6 is 11.3 Å². The summed E-state index contributed by atoms with van der Waals surface area (Å²) < 4.78 is 1.23. The molecule has 0 unspecified atom stereocenters. The van der Waals surface area contributed by atoms with Crippen molar-refractivity contribution in [2.75, 3.05) is 16.8 Å².